The molecule has 1 aromatic carbocycles. The van der Waals surface area contributed by atoms with Gasteiger partial charge < -0.3 is 14.5 Å². The molecule has 0 spiro atoms. The molecule has 0 radical (unpaired) electrons. The van der Waals surface area contributed by atoms with Crippen molar-refractivity contribution in [1.82, 2.24) is 19.2 Å². The Labute approximate surface area is 194 Å². The van der Waals surface area contributed by atoms with Gasteiger partial charge in [-0.1, -0.05) is 6.42 Å². The Morgan fingerprint density at radius 1 is 0.939 bits per heavy atom. The van der Waals surface area contributed by atoms with E-state index in [1.54, 1.807) is 33.5 Å². The molecule has 2 aromatic rings. The number of amides is 1. The van der Waals surface area contributed by atoms with Crippen LogP contribution >= 0.6 is 0 Å². The zero-order chi connectivity index (χ0) is 22.8. The summed E-state index contributed by atoms with van der Waals surface area (Å²) in [5.74, 6) is 0.563. The van der Waals surface area contributed by atoms with Gasteiger partial charge in [-0.2, -0.15) is 4.31 Å². The summed E-state index contributed by atoms with van der Waals surface area (Å²) in [6, 6.07) is 6.34. The van der Waals surface area contributed by atoms with Crippen LogP contribution in [0.3, 0.4) is 0 Å². The maximum Gasteiger partial charge on any atom is 0.254 e. The van der Waals surface area contributed by atoms with Crippen molar-refractivity contribution >= 4 is 21.9 Å². The summed E-state index contributed by atoms with van der Waals surface area (Å²) in [6.45, 7) is 4.96. The van der Waals surface area contributed by atoms with Crippen molar-refractivity contribution in [2.45, 2.75) is 37.1 Å². The van der Waals surface area contributed by atoms with Gasteiger partial charge in [0.05, 0.1) is 30.3 Å². The van der Waals surface area contributed by atoms with E-state index in [0.717, 1.165) is 43.6 Å². The summed E-state index contributed by atoms with van der Waals surface area (Å²) in [4.78, 5) is 26.5. The lowest BCUT2D eigenvalue weighted by atomic mass is 10.1. The third kappa shape index (κ3) is 4.60. The first-order valence-electron chi connectivity index (χ1n) is 11.6. The second-order valence-electron chi connectivity index (χ2n) is 8.71. The number of piperidine rings is 1. The summed E-state index contributed by atoms with van der Waals surface area (Å²) in [7, 11) is -3.51. The lowest BCUT2D eigenvalue weighted by molar-refractivity contribution is 0.0731. The van der Waals surface area contributed by atoms with Gasteiger partial charge in [-0.3, -0.25) is 4.79 Å². The van der Waals surface area contributed by atoms with Gasteiger partial charge in [-0.05, 0) is 49.1 Å². The fourth-order valence-corrected chi connectivity index (χ4v) is 6.11. The van der Waals surface area contributed by atoms with Crippen LogP contribution in [0.5, 0.6) is 0 Å². The van der Waals surface area contributed by atoms with E-state index in [0.29, 0.717) is 57.3 Å². The van der Waals surface area contributed by atoms with Crippen molar-refractivity contribution in [3.8, 4) is 0 Å². The van der Waals surface area contributed by atoms with Crippen LogP contribution in [0.2, 0.25) is 0 Å². The third-order valence-electron chi connectivity index (χ3n) is 6.57. The van der Waals surface area contributed by atoms with E-state index in [9.17, 15) is 13.2 Å². The Balaban J connectivity index is 1.29. The number of ether oxygens (including phenoxy) is 1. The maximum atomic E-state index is 13.2. The number of morpholine rings is 1. The second-order valence-corrected chi connectivity index (χ2v) is 10.6. The van der Waals surface area contributed by atoms with Crippen molar-refractivity contribution in [2.24, 2.45) is 0 Å². The van der Waals surface area contributed by atoms with E-state index in [1.165, 1.54) is 0 Å². The smallest absolute Gasteiger partial charge is 0.254 e. The Hall–Kier alpha value is -2.56. The monoisotopic (exact) mass is 471 g/mol. The highest BCUT2D eigenvalue weighted by Gasteiger charge is 2.28. The SMILES string of the molecule is O=C(c1ccc(S(=O)(=O)N2CCCCC2)cc1)N1CCc2cnc(N3CCOCC3)nc2C1. The van der Waals surface area contributed by atoms with E-state index in [-0.39, 0.29) is 10.8 Å². The summed E-state index contributed by atoms with van der Waals surface area (Å²) in [6.07, 6.45) is 5.42. The first-order valence-corrected chi connectivity index (χ1v) is 13.0. The number of rotatable bonds is 4. The van der Waals surface area contributed by atoms with E-state index in [1.807, 2.05) is 6.20 Å². The molecule has 0 atom stereocenters. The number of carbonyl (C=O) groups is 1. The molecule has 0 bridgehead atoms. The number of aromatic nitrogens is 2. The molecule has 3 aliphatic rings. The number of fused-ring (bicyclic) bond motifs is 1. The molecule has 176 valence electrons. The second kappa shape index (κ2) is 9.36. The molecule has 1 aromatic heterocycles. The highest BCUT2D eigenvalue weighted by atomic mass is 32.2. The molecule has 0 N–H and O–H groups in total. The molecule has 10 heteroatoms. The molecule has 3 aliphatic heterocycles. The van der Waals surface area contributed by atoms with Crippen molar-refractivity contribution in [3.63, 3.8) is 0 Å². The van der Waals surface area contributed by atoms with Crippen molar-refractivity contribution in [2.75, 3.05) is 50.8 Å². The molecule has 4 heterocycles. The number of hydrogen-bond donors (Lipinski definition) is 0. The molecule has 2 fully saturated rings. The molecule has 0 saturated carbocycles. The molecule has 9 nitrogen and oxygen atoms in total. The molecule has 5 rings (SSSR count). The lowest BCUT2D eigenvalue weighted by Crippen LogP contribution is -2.39. The van der Waals surface area contributed by atoms with Crippen LogP contribution in [-0.2, 0) is 27.7 Å². The number of anilines is 1. The Bertz CT molecular complexity index is 1110. The van der Waals surface area contributed by atoms with E-state index in [2.05, 4.69) is 9.88 Å². The van der Waals surface area contributed by atoms with E-state index in [4.69, 9.17) is 9.72 Å². The third-order valence-corrected chi connectivity index (χ3v) is 8.48. The zero-order valence-electron chi connectivity index (χ0n) is 18.6. The molecular weight excluding hydrogens is 442 g/mol. The van der Waals surface area contributed by atoms with Crippen LogP contribution in [0, 0.1) is 0 Å². The molecule has 0 unspecified atom stereocenters. The molecule has 2 saturated heterocycles. The minimum Gasteiger partial charge on any atom is -0.378 e. The van der Waals surface area contributed by atoms with Gasteiger partial charge in [0.2, 0.25) is 16.0 Å². The fraction of sp³-hybridized carbons (Fsp3) is 0.522. The van der Waals surface area contributed by atoms with Crippen LogP contribution in [0.4, 0.5) is 5.95 Å². The van der Waals surface area contributed by atoms with Crippen LogP contribution < -0.4 is 4.90 Å². The van der Waals surface area contributed by atoms with Gasteiger partial charge in [0.15, 0.2) is 0 Å². The van der Waals surface area contributed by atoms with Crippen molar-refractivity contribution in [1.29, 1.82) is 0 Å². The maximum absolute atomic E-state index is 13.2. The predicted octanol–water partition coefficient (Wildman–Crippen LogP) is 1.69. The van der Waals surface area contributed by atoms with E-state index < -0.39 is 10.0 Å². The Morgan fingerprint density at radius 3 is 2.39 bits per heavy atom. The highest BCUT2D eigenvalue weighted by Crippen LogP contribution is 2.24. The Kier molecular flexibility index (Phi) is 6.31. The normalized spacial score (nSPS) is 19.9. The largest absolute Gasteiger partial charge is 0.378 e. The van der Waals surface area contributed by atoms with Crippen LogP contribution in [0.15, 0.2) is 35.4 Å². The van der Waals surface area contributed by atoms with Crippen LogP contribution in [0.1, 0.15) is 40.9 Å². The number of hydrogen-bond acceptors (Lipinski definition) is 7. The van der Waals surface area contributed by atoms with Gasteiger partial charge in [0.25, 0.3) is 5.91 Å². The van der Waals surface area contributed by atoms with Crippen molar-refractivity contribution < 1.29 is 17.9 Å². The minimum absolute atomic E-state index is 0.117. The summed E-state index contributed by atoms with van der Waals surface area (Å²) < 4.78 is 32.7. The molecule has 0 aliphatic carbocycles. The average Bonchev–Trinajstić information content (AvgIpc) is 2.88. The number of nitrogens with zero attached hydrogens (tertiary/aromatic N) is 5. The van der Waals surface area contributed by atoms with E-state index >= 15 is 0 Å². The van der Waals surface area contributed by atoms with Gasteiger partial charge in [0.1, 0.15) is 0 Å². The minimum atomic E-state index is -3.51. The van der Waals surface area contributed by atoms with Gasteiger partial charge in [0, 0.05) is 44.5 Å². The van der Waals surface area contributed by atoms with Crippen LogP contribution in [0.25, 0.3) is 0 Å². The van der Waals surface area contributed by atoms with Crippen molar-refractivity contribution in [3.05, 3.63) is 47.3 Å². The molecule has 1 amide bonds. The first kappa shape index (κ1) is 22.2. The first-order chi connectivity index (χ1) is 16.0. The zero-order valence-corrected chi connectivity index (χ0v) is 19.5. The van der Waals surface area contributed by atoms with Crippen LogP contribution in [-0.4, -0.2) is 79.4 Å². The quantitative estimate of drug-likeness (QED) is 0.670. The fourth-order valence-electron chi connectivity index (χ4n) is 4.59. The molecular formula is C23H29N5O4S. The number of benzene rings is 1. The number of carbonyl (C=O) groups excluding carboxylic acids is 1. The lowest BCUT2D eigenvalue weighted by Gasteiger charge is -2.31. The Morgan fingerprint density at radius 2 is 1.67 bits per heavy atom. The van der Waals surface area contributed by atoms with Gasteiger partial charge in [-0.15, -0.1) is 0 Å². The average molecular weight is 472 g/mol. The summed E-state index contributed by atoms with van der Waals surface area (Å²) >= 11 is 0. The summed E-state index contributed by atoms with van der Waals surface area (Å²) in [5, 5.41) is 0. The highest BCUT2D eigenvalue weighted by molar-refractivity contribution is 7.89. The predicted molar refractivity (Wildman–Crippen MR) is 123 cm³/mol. The number of sulfonamides is 1. The summed E-state index contributed by atoms with van der Waals surface area (Å²) in [5.41, 5.74) is 2.42. The van der Waals surface area contributed by atoms with Gasteiger partial charge >= 0.3 is 0 Å². The van der Waals surface area contributed by atoms with Gasteiger partial charge in [-0.25, -0.2) is 18.4 Å². The topological polar surface area (TPSA) is 95.9 Å². The molecule has 33 heavy (non-hydrogen) atoms. The standard InChI is InChI=1S/C23H29N5O4S/c29-22(18-4-6-20(7-5-18)33(30,31)28-9-2-1-3-10-28)27-11-8-19-16-24-23(25-21(19)17-27)26-12-14-32-15-13-26/h4-7,16H,1-3,8-15,17H2.